The largest absolute Gasteiger partial charge is 0.305 e. The van der Waals surface area contributed by atoms with E-state index in [0.717, 1.165) is 61.3 Å². The molecule has 31 heavy (non-hydrogen) atoms. The number of aromatic amines is 1. The first kappa shape index (κ1) is 19.8. The summed E-state index contributed by atoms with van der Waals surface area (Å²) in [6, 6.07) is 10.5. The van der Waals surface area contributed by atoms with Crippen LogP contribution in [-0.2, 0) is 19.5 Å². The highest BCUT2D eigenvalue weighted by molar-refractivity contribution is 5.97. The van der Waals surface area contributed by atoms with Crippen molar-refractivity contribution in [3.63, 3.8) is 0 Å². The summed E-state index contributed by atoms with van der Waals surface area (Å²) in [5.74, 6) is 0.366. The van der Waals surface area contributed by atoms with Gasteiger partial charge in [0, 0.05) is 44.4 Å². The van der Waals surface area contributed by atoms with Gasteiger partial charge in [0.05, 0.1) is 22.7 Å². The van der Waals surface area contributed by atoms with Gasteiger partial charge in [-0.2, -0.15) is 0 Å². The number of halogens is 1. The Morgan fingerprint density at radius 3 is 2.77 bits per heavy atom. The van der Waals surface area contributed by atoms with Crippen LogP contribution in [0.5, 0.6) is 0 Å². The molecule has 2 aromatic heterocycles. The molecule has 0 atom stereocenters. The van der Waals surface area contributed by atoms with Crippen molar-refractivity contribution < 1.29 is 4.39 Å². The highest BCUT2D eigenvalue weighted by Crippen LogP contribution is 2.22. The maximum atomic E-state index is 14.0. The van der Waals surface area contributed by atoms with Crippen molar-refractivity contribution >= 4 is 5.71 Å². The summed E-state index contributed by atoms with van der Waals surface area (Å²) in [7, 11) is 0. The zero-order chi connectivity index (χ0) is 21.2. The molecule has 0 amide bonds. The van der Waals surface area contributed by atoms with Crippen LogP contribution in [-0.4, -0.2) is 38.7 Å². The Morgan fingerprint density at radius 2 is 2.00 bits per heavy atom. The quantitative estimate of drug-likeness (QED) is 0.705. The molecule has 5 rings (SSSR count). The summed E-state index contributed by atoms with van der Waals surface area (Å²) in [6.07, 6.45) is 5.59. The number of benzene rings is 1. The molecule has 0 spiro atoms. The van der Waals surface area contributed by atoms with E-state index in [2.05, 4.69) is 19.9 Å². The molecule has 0 saturated carbocycles. The third-order valence-electron chi connectivity index (χ3n) is 5.93. The molecule has 4 heterocycles. The van der Waals surface area contributed by atoms with Crippen LogP contribution >= 0.6 is 0 Å². The van der Waals surface area contributed by atoms with Crippen LogP contribution in [0.2, 0.25) is 0 Å². The lowest BCUT2D eigenvalue weighted by Crippen LogP contribution is -2.36. The minimum absolute atomic E-state index is 0.0639. The van der Waals surface area contributed by atoms with Crippen LogP contribution < -0.4 is 5.56 Å². The molecule has 1 N–H and O–H groups in total. The maximum Gasteiger partial charge on any atom is 0.255 e. The summed E-state index contributed by atoms with van der Waals surface area (Å²) in [5.41, 5.74) is 4.63. The third kappa shape index (κ3) is 4.18. The number of aliphatic imine (C=N–C) groups is 1. The Bertz CT molecular complexity index is 1190. The second-order valence-corrected chi connectivity index (χ2v) is 8.12. The Balaban J connectivity index is 1.30. The number of nitrogens with one attached hydrogen (secondary N) is 1. The first-order chi connectivity index (χ1) is 15.2. The van der Waals surface area contributed by atoms with Crippen LogP contribution in [0.15, 0.2) is 52.4 Å². The van der Waals surface area contributed by atoms with Crippen molar-refractivity contribution in [2.24, 2.45) is 4.99 Å². The molecule has 1 aromatic carbocycles. The fourth-order valence-corrected chi connectivity index (χ4v) is 4.25. The van der Waals surface area contributed by atoms with Crippen LogP contribution in [0.1, 0.15) is 41.9 Å². The molecule has 2 aliphatic heterocycles. The van der Waals surface area contributed by atoms with E-state index >= 15 is 0 Å². The van der Waals surface area contributed by atoms with Gasteiger partial charge in [0.1, 0.15) is 5.82 Å². The van der Waals surface area contributed by atoms with Gasteiger partial charge in [-0.25, -0.2) is 9.37 Å². The topological polar surface area (TPSA) is 74.2 Å². The average molecular weight is 417 g/mol. The molecule has 0 bridgehead atoms. The smallest absolute Gasteiger partial charge is 0.255 e. The first-order valence-electron chi connectivity index (χ1n) is 10.8. The molecule has 0 saturated heterocycles. The minimum atomic E-state index is -0.277. The molecule has 6 nitrogen and oxygen atoms in total. The molecule has 0 fully saturated rings. The predicted octanol–water partition coefficient (Wildman–Crippen LogP) is 3.50. The summed E-state index contributed by atoms with van der Waals surface area (Å²) >= 11 is 0. The molecular weight excluding hydrogens is 393 g/mol. The first-order valence-corrected chi connectivity index (χ1v) is 10.8. The number of hydrogen-bond donors (Lipinski definition) is 1. The predicted molar refractivity (Wildman–Crippen MR) is 118 cm³/mol. The Kier molecular flexibility index (Phi) is 5.42. The molecule has 3 aromatic rings. The van der Waals surface area contributed by atoms with Gasteiger partial charge in [-0.15, -0.1) is 0 Å². The maximum absolute atomic E-state index is 14.0. The molecule has 2 aliphatic rings. The van der Waals surface area contributed by atoms with Crippen molar-refractivity contribution in [3.05, 3.63) is 81.4 Å². The molecular formula is C24H24FN5O. The zero-order valence-corrected chi connectivity index (χ0v) is 17.3. The van der Waals surface area contributed by atoms with E-state index in [0.29, 0.717) is 30.2 Å². The number of fused-ring (bicyclic) bond motifs is 1. The number of aromatic nitrogens is 3. The Morgan fingerprint density at radius 1 is 1.10 bits per heavy atom. The van der Waals surface area contributed by atoms with Crippen LogP contribution in [0.25, 0.3) is 11.3 Å². The lowest BCUT2D eigenvalue weighted by molar-refractivity contribution is 0.241. The SMILES string of the molecule is O=c1[nH]c(C2=NCCCC2)nc2c1CN(Cc1ccc(-c3ccccc3F)nc1)CC2. The third-order valence-corrected chi connectivity index (χ3v) is 5.93. The van der Waals surface area contributed by atoms with Gasteiger partial charge in [0.25, 0.3) is 5.56 Å². The highest BCUT2D eigenvalue weighted by Gasteiger charge is 2.23. The number of rotatable bonds is 4. The molecule has 0 unspecified atom stereocenters. The van der Waals surface area contributed by atoms with E-state index in [9.17, 15) is 9.18 Å². The normalized spacial score (nSPS) is 16.6. The Hall–Kier alpha value is -3.19. The van der Waals surface area contributed by atoms with E-state index in [1.807, 2.05) is 12.1 Å². The second-order valence-electron chi connectivity index (χ2n) is 8.12. The van der Waals surface area contributed by atoms with E-state index < -0.39 is 0 Å². The zero-order valence-electron chi connectivity index (χ0n) is 17.3. The number of hydrogen-bond acceptors (Lipinski definition) is 5. The summed E-state index contributed by atoms with van der Waals surface area (Å²) < 4.78 is 14.0. The number of H-pyrrole nitrogens is 1. The van der Waals surface area contributed by atoms with Crippen molar-refractivity contribution in [1.29, 1.82) is 0 Å². The van der Waals surface area contributed by atoms with Crippen LogP contribution in [0.3, 0.4) is 0 Å². The standard InChI is InChI=1S/C24H24FN5O/c25-19-6-2-1-5-17(19)20-9-8-16(13-27-20)14-30-12-10-21-18(15-30)24(31)29-23(28-21)22-7-3-4-11-26-22/h1-2,5-6,8-9,13H,3-4,7,10-12,14-15H2,(H,28,29,31). The van der Waals surface area contributed by atoms with Crippen LogP contribution in [0.4, 0.5) is 4.39 Å². The highest BCUT2D eigenvalue weighted by atomic mass is 19.1. The second kappa shape index (κ2) is 8.51. The van der Waals surface area contributed by atoms with Gasteiger partial charge in [-0.3, -0.25) is 19.7 Å². The monoisotopic (exact) mass is 417 g/mol. The molecule has 7 heteroatoms. The van der Waals surface area contributed by atoms with E-state index in [1.54, 1.807) is 24.4 Å². The van der Waals surface area contributed by atoms with E-state index in [1.165, 1.54) is 6.07 Å². The van der Waals surface area contributed by atoms with Gasteiger partial charge in [-0.05, 0) is 43.0 Å². The molecule has 158 valence electrons. The van der Waals surface area contributed by atoms with E-state index in [-0.39, 0.29) is 11.4 Å². The van der Waals surface area contributed by atoms with Gasteiger partial charge in [-0.1, -0.05) is 18.2 Å². The van der Waals surface area contributed by atoms with E-state index in [4.69, 9.17) is 4.98 Å². The Labute approximate surface area is 179 Å². The lowest BCUT2D eigenvalue weighted by atomic mass is 10.0. The van der Waals surface area contributed by atoms with Crippen molar-refractivity contribution in [3.8, 4) is 11.3 Å². The molecule has 0 aliphatic carbocycles. The van der Waals surface area contributed by atoms with Crippen LogP contribution in [0, 0.1) is 5.82 Å². The summed E-state index contributed by atoms with van der Waals surface area (Å²) in [4.78, 5) is 31.6. The minimum Gasteiger partial charge on any atom is -0.305 e. The fraction of sp³-hybridized carbons (Fsp3) is 0.333. The van der Waals surface area contributed by atoms with Gasteiger partial charge < -0.3 is 4.98 Å². The fourth-order valence-electron chi connectivity index (χ4n) is 4.25. The van der Waals surface area contributed by atoms with Gasteiger partial charge in [0.15, 0.2) is 5.82 Å². The average Bonchev–Trinajstić information content (AvgIpc) is 2.81. The molecule has 0 radical (unpaired) electrons. The summed E-state index contributed by atoms with van der Waals surface area (Å²) in [5, 5.41) is 0. The van der Waals surface area contributed by atoms with Gasteiger partial charge in [0.2, 0.25) is 0 Å². The van der Waals surface area contributed by atoms with Gasteiger partial charge >= 0.3 is 0 Å². The summed E-state index contributed by atoms with van der Waals surface area (Å²) in [6.45, 7) is 2.87. The number of pyridine rings is 1. The van der Waals surface area contributed by atoms with Crippen molar-refractivity contribution in [1.82, 2.24) is 19.9 Å². The lowest BCUT2D eigenvalue weighted by Gasteiger charge is -2.27. The number of nitrogens with zero attached hydrogens (tertiary/aromatic N) is 4. The van der Waals surface area contributed by atoms with Crippen molar-refractivity contribution in [2.75, 3.05) is 13.1 Å². The van der Waals surface area contributed by atoms with Crippen molar-refractivity contribution in [2.45, 2.75) is 38.8 Å².